The number of aryl methyl sites for hydroxylation is 1. The SMILES string of the molecule is Cc1nnc(NCCN(C)C)c(C(=O)O)c1C. The molecule has 0 aliphatic rings. The molecule has 1 heterocycles. The van der Waals surface area contributed by atoms with Gasteiger partial charge in [-0.1, -0.05) is 0 Å². The Kier molecular flexibility index (Phi) is 4.39. The van der Waals surface area contributed by atoms with E-state index in [2.05, 4.69) is 15.5 Å². The zero-order valence-electron chi connectivity index (χ0n) is 10.6. The van der Waals surface area contributed by atoms with Crippen LogP contribution in [0.2, 0.25) is 0 Å². The van der Waals surface area contributed by atoms with Crippen LogP contribution in [0.15, 0.2) is 0 Å². The van der Waals surface area contributed by atoms with E-state index in [0.717, 1.165) is 6.54 Å². The lowest BCUT2D eigenvalue weighted by molar-refractivity contribution is 0.0696. The highest BCUT2D eigenvalue weighted by atomic mass is 16.4. The first-order valence-electron chi connectivity index (χ1n) is 5.39. The normalized spacial score (nSPS) is 10.6. The summed E-state index contributed by atoms with van der Waals surface area (Å²) in [5, 5.41) is 20.0. The Balaban J connectivity index is 2.91. The Labute approximate surface area is 101 Å². The Hall–Kier alpha value is -1.69. The van der Waals surface area contributed by atoms with Gasteiger partial charge in [0.2, 0.25) is 0 Å². The molecule has 0 aliphatic heterocycles. The van der Waals surface area contributed by atoms with E-state index in [1.54, 1.807) is 13.8 Å². The first-order valence-corrected chi connectivity index (χ1v) is 5.39. The van der Waals surface area contributed by atoms with E-state index in [-0.39, 0.29) is 5.56 Å². The molecule has 0 fully saturated rings. The number of aromatic nitrogens is 2. The third-order valence-electron chi connectivity index (χ3n) is 2.52. The van der Waals surface area contributed by atoms with Gasteiger partial charge < -0.3 is 15.3 Å². The van der Waals surface area contributed by atoms with Crippen molar-refractivity contribution in [2.45, 2.75) is 13.8 Å². The van der Waals surface area contributed by atoms with Gasteiger partial charge >= 0.3 is 5.97 Å². The number of carbonyl (C=O) groups is 1. The van der Waals surface area contributed by atoms with Crippen LogP contribution in [0, 0.1) is 13.8 Å². The molecule has 0 spiro atoms. The number of nitrogens with zero attached hydrogens (tertiary/aromatic N) is 3. The maximum Gasteiger partial charge on any atom is 0.339 e. The van der Waals surface area contributed by atoms with Crippen LogP contribution in [0.1, 0.15) is 21.6 Å². The van der Waals surface area contributed by atoms with Crippen LogP contribution in [-0.4, -0.2) is 53.4 Å². The molecule has 6 nitrogen and oxygen atoms in total. The number of nitrogens with one attached hydrogen (secondary N) is 1. The van der Waals surface area contributed by atoms with Crippen LogP contribution in [0.4, 0.5) is 5.82 Å². The van der Waals surface area contributed by atoms with Crippen LogP contribution in [0.3, 0.4) is 0 Å². The first kappa shape index (κ1) is 13.4. The van der Waals surface area contributed by atoms with Gasteiger partial charge in [0.25, 0.3) is 0 Å². The smallest absolute Gasteiger partial charge is 0.339 e. The molecule has 17 heavy (non-hydrogen) atoms. The summed E-state index contributed by atoms with van der Waals surface area (Å²) in [6, 6.07) is 0. The molecule has 1 rings (SSSR count). The predicted octanol–water partition coefficient (Wildman–Crippen LogP) is 0.765. The number of hydrogen-bond acceptors (Lipinski definition) is 5. The molecule has 0 bridgehead atoms. The lowest BCUT2D eigenvalue weighted by Crippen LogP contribution is -2.22. The molecule has 2 N–H and O–H groups in total. The van der Waals surface area contributed by atoms with Gasteiger partial charge in [0.05, 0.1) is 5.69 Å². The Morgan fingerprint density at radius 3 is 2.53 bits per heavy atom. The Bertz CT molecular complexity index is 418. The summed E-state index contributed by atoms with van der Waals surface area (Å²) in [7, 11) is 3.90. The third kappa shape index (κ3) is 3.39. The molecular formula is C11H18N4O2. The minimum Gasteiger partial charge on any atom is -0.478 e. The summed E-state index contributed by atoms with van der Waals surface area (Å²) in [5.41, 5.74) is 1.50. The average molecular weight is 238 g/mol. The van der Waals surface area contributed by atoms with Crippen molar-refractivity contribution < 1.29 is 9.90 Å². The molecular weight excluding hydrogens is 220 g/mol. The van der Waals surface area contributed by atoms with Crippen molar-refractivity contribution in [3.63, 3.8) is 0 Å². The molecule has 0 aromatic carbocycles. The van der Waals surface area contributed by atoms with Crippen molar-refractivity contribution in [3.8, 4) is 0 Å². The van der Waals surface area contributed by atoms with Crippen LogP contribution < -0.4 is 5.32 Å². The standard InChI is InChI=1S/C11H18N4O2/c1-7-8(2)13-14-10(9(7)11(16)17)12-5-6-15(3)4/h5-6H2,1-4H3,(H,12,14)(H,16,17). The zero-order chi connectivity index (χ0) is 13.0. The molecule has 0 saturated carbocycles. The average Bonchev–Trinajstić information content (AvgIpc) is 2.22. The molecule has 0 unspecified atom stereocenters. The number of aromatic carboxylic acids is 1. The van der Waals surface area contributed by atoms with Gasteiger partial charge in [-0.25, -0.2) is 4.79 Å². The monoisotopic (exact) mass is 238 g/mol. The molecule has 6 heteroatoms. The first-order chi connectivity index (χ1) is 7.93. The molecule has 0 atom stereocenters. The zero-order valence-corrected chi connectivity index (χ0v) is 10.6. The van der Waals surface area contributed by atoms with Gasteiger partial charge in [0, 0.05) is 13.1 Å². The van der Waals surface area contributed by atoms with Gasteiger partial charge in [0.1, 0.15) is 5.56 Å². The van der Waals surface area contributed by atoms with Crippen LogP contribution in [0.5, 0.6) is 0 Å². The second kappa shape index (κ2) is 5.58. The van der Waals surface area contributed by atoms with Gasteiger partial charge in [-0.05, 0) is 33.5 Å². The summed E-state index contributed by atoms with van der Waals surface area (Å²) in [4.78, 5) is 13.2. The van der Waals surface area contributed by atoms with E-state index in [1.165, 1.54) is 0 Å². The van der Waals surface area contributed by atoms with Crippen molar-refractivity contribution in [1.82, 2.24) is 15.1 Å². The van der Waals surface area contributed by atoms with Gasteiger partial charge in [-0.3, -0.25) is 0 Å². The molecule has 0 saturated heterocycles. The fraction of sp³-hybridized carbons (Fsp3) is 0.545. The predicted molar refractivity (Wildman–Crippen MR) is 65.5 cm³/mol. The van der Waals surface area contributed by atoms with Crippen molar-refractivity contribution in [1.29, 1.82) is 0 Å². The molecule has 94 valence electrons. The maximum absolute atomic E-state index is 11.2. The number of carboxylic acid groups (broad SMARTS) is 1. The lowest BCUT2D eigenvalue weighted by atomic mass is 10.1. The maximum atomic E-state index is 11.2. The van der Waals surface area contributed by atoms with Gasteiger partial charge in [-0.15, -0.1) is 5.10 Å². The van der Waals surface area contributed by atoms with E-state index in [4.69, 9.17) is 5.11 Å². The van der Waals surface area contributed by atoms with Crippen LogP contribution >= 0.6 is 0 Å². The number of likely N-dealkylation sites (N-methyl/N-ethyl adjacent to an activating group) is 1. The summed E-state index contributed by atoms with van der Waals surface area (Å²) < 4.78 is 0. The number of anilines is 1. The second-order valence-corrected chi connectivity index (χ2v) is 4.17. The van der Waals surface area contributed by atoms with Crippen molar-refractivity contribution in [3.05, 3.63) is 16.8 Å². The van der Waals surface area contributed by atoms with Crippen molar-refractivity contribution >= 4 is 11.8 Å². The molecule has 0 radical (unpaired) electrons. The van der Waals surface area contributed by atoms with Crippen molar-refractivity contribution in [2.75, 3.05) is 32.5 Å². The minimum absolute atomic E-state index is 0.205. The van der Waals surface area contributed by atoms with Gasteiger partial charge in [0.15, 0.2) is 5.82 Å². The summed E-state index contributed by atoms with van der Waals surface area (Å²) in [6.07, 6.45) is 0. The highest BCUT2D eigenvalue weighted by Crippen LogP contribution is 2.17. The molecule has 1 aromatic heterocycles. The molecule has 0 aliphatic carbocycles. The van der Waals surface area contributed by atoms with E-state index in [1.807, 2.05) is 19.0 Å². The fourth-order valence-electron chi connectivity index (χ4n) is 1.39. The summed E-state index contributed by atoms with van der Waals surface area (Å²) in [5.74, 6) is -0.643. The van der Waals surface area contributed by atoms with Crippen molar-refractivity contribution in [2.24, 2.45) is 0 Å². The Morgan fingerprint density at radius 1 is 1.35 bits per heavy atom. The van der Waals surface area contributed by atoms with Crippen LogP contribution in [0.25, 0.3) is 0 Å². The van der Waals surface area contributed by atoms with Gasteiger partial charge in [-0.2, -0.15) is 5.10 Å². The van der Waals surface area contributed by atoms with E-state index in [0.29, 0.717) is 23.6 Å². The number of hydrogen-bond donors (Lipinski definition) is 2. The lowest BCUT2D eigenvalue weighted by Gasteiger charge is -2.13. The molecule has 1 aromatic rings. The fourth-order valence-corrected chi connectivity index (χ4v) is 1.39. The highest BCUT2D eigenvalue weighted by molar-refractivity contribution is 5.94. The highest BCUT2D eigenvalue weighted by Gasteiger charge is 2.17. The number of rotatable bonds is 5. The van der Waals surface area contributed by atoms with E-state index in [9.17, 15) is 4.79 Å². The third-order valence-corrected chi connectivity index (χ3v) is 2.52. The molecule has 0 amide bonds. The summed E-state index contributed by atoms with van der Waals surface area (Å²) >= 11 is 0. The largest absolute Gasteiger partial charge is 0.478 e. The van der Waals surface area contributed by atoms with E-state index < -0.39 is 5.97 Å². The van der Waals surface area contributed by atoms with Crippen LogP contribution in [-0.2, 0) is 0 Å². The number of carboxylic acids is 1. The topological polar surface area (TPSA) is 78.4 Å². The summed E-state index contributed by atoms with van der Waals surface area (Å²) in [6.45, 7) is 4.92. The quantitative estimate of drug-likeness (QED) is 0.788. The second-order valence-electron chi connectivity index (χ2n) is 4.17. The van der Waals surface area contributed by atoms with E-state index >= 15 is 0 Å². The Morgan fingerprint density at radius 2 is 2.00 bits per heavy atom. The minimum atomic E-state index is -0.979.